The predicted octanol–water partition coefficient (Wildman–Crippen LogP) is 1.26. The molecule has 0 atom stereocenters. The Kier molecular flexibility index (Phi) is 4.49. The summed E-state index contributed by atoms with van der Waals surface area (Å²) in [5.74, 6) is 4.42. The Hall–Kier alpha value is -2.06. The molecule has 0 saturated heterocycles. The van der Waals surface area contributed by atoms with Gasteiger partial charge in [-0.1, -0.05) is 11.8 Å². The summed E-state index contributed by atoms with van der Waals surface area (Å²) in [6.07, 6.45) is 0. The van der Waals surface area contributed by atoms with Crippen LogP contribution in [0.4, 0.5) is 14.9 Å². The molecule has 4 nitrogen and oxygen atoms in total. The minimum absolute atomic E-state index is 0.0956. The lowest BCUT2D eigenvalue weighted by Gasteiger charge is -2.12. The van der Waals surface area contributed by atoms with E-state index in [1.165, 1.54) is 17.0 Å². The van der Waals surface area contributed by atoms with Crippen molar-refractivity contribution in [2.75, 3.05) is 26.0 Å². The lowest BCUT2D eigenvalue weighted by Crippen LogP contribution is -2.27. The first-order valence-electron chi connectivity index (χ1n) is 4.92. The summed E-state index contributed by atoms with van der Waals surface area (Å²) in [4.78, 5) is 12.6. The zero-order valence-corrected chi connectivity index (χ0v) is 9.62. The van der Waals surface area contributed by atoms with Crippen LogP contribution < -0.4 is 5.32 Å². The second-order valence-electron chi connectivity index (χ2n) is 3.48. The van der Waals surface area contributed by atoms with Gasteiger partial charge in [-0.25, -0.2) is 9.18 Å². The number of nitrogens with zero attached hydrogens (tertiary/aromatic N) is 1. The summed E-state index contributed by atoms with van der Waals surface area (Å²) < 4.78 is 13.5. The Morgan fingerprint density at radius 1 is 1.53 bits per heavy atom. The summed E-state index contributed by atoms with van der Waals surface area (Å²) in [6, 6.07) is 3.79. The fraction of sp³-hybridized carbons (Fsp3) is 0.250. The number of carbonyl (C=O) groups excluding carboxylic acids is 1. The van der Waals surface area contributed by atoms with Crippen LogP contribution in [0.15, 0.2) is 18.2 Å². The van der Waals surface area contributed by atoms with E-state index in [0.29, 0.717) is 5.56 Å². The average molecular weight is 236 g/mol. The monoisotopic (exact) mass is 236 g/mol. The molecule has 17 heavy (non-hydrogen) atoms. The first-order chi connectivity index (χ1) is 8.04. The molecule has 5 heteroatoms. The predicted molar refractivity (Wildman–Crippen MR) is 63.1 cm³/mol. The highest BCUT2D eigenvalue weighted by Crippen LogP contribution is 2.15. The molecule has 2 N–H and O–H groups in total. The Morgan fingerprint density at radius 2 is 2.24 bits per heavy atom. The molecule has 1 rings (SSSR count). The molecule has 0 heterocycles. The van der Waals surface area contributed by atoms with Crippen LogP contribution in [0.2, 0.25) is 0 Å². The Balaban J connectivity index is 2.87. The fourth-order valence-corrected chi connectivity index (χ4v) is 1.06. The van der Waals surface area contributed by atoms with Gasteiger partial charge in [0, 0.05) is 19.7 Å². The van der Waals surface area contributed by atoms with Gasteiger partial charge in [-0.05, 0) is 18.2 Å². The van der Waals surface area contributed by atoms with Crippen molar-refractivity contribution in [3.8, 4) is 11.8 Å². The number of rotatable bonds is 1. The van der Waals surface area contributed by atoms with E-state index in [1.807, 2.05) is 0 Å². The quantitative estimate of drug-likeness (QED) is 0.721. The topological polar surface area (TPSA) is 52.6 Å². The van der Waals surface area contributed by atoms with Crippen molar-refractivity contribution >= 4 is 11.7 Å². The summed E-state index contributed by atoms with van der Waals surface area (Å²) in [7, 11) is 3.13. The van der Waals surface area contributed by atoms with Crippen LogP contribution in [0.25, 0.3) is 0 Å². The molecule has 0 aliphatic carbocycles. The van der Waals surface area contributed by atoms with Gasteiger partial charge in [0.2, 0.25) is 0 Å². The zero-order chi connectivity index (χ0) is 12.8. The third-order valence-corrected chi connectivity index (χ3v) is 1.93. The van der Waals surface area contributed by atoms with Crippen LogP contribution in [-0.2, 0) is 0 Å². The first-order valence-corrected chi connectivity index (χ1v) is 4.92. The maximum Gasteiger partial charge on any atom is 0.321 e. The maximum atomic E-state index is 13.5. The van der Waals surface area contributed by atoms with E-state index in [0.717, 1.165) is 0 Å². The number of nitrogens with one attached hydrogen (secondary N) is 1. The molecule has 0 aromatic heterocycles. The molecular weight excluding hydrogens is 223 g/mol. The van der Waals surface area contributed by atoms with Gasteiger partial charge in [-0.2, -0.15) is 0 Å². The Labute approximate surface area is 99.1 Å². The standard InChI is InChI=1S/C12H13FN2O2/c1-15(2)12(17)14-11-6-5-9(4-3-7-16)8-10(11)13/h5-6,8,16H,7H2,1-2H3,(H,14,17). The van der Waals surface area contributed by atoms with Gasteiger partial charge in [0.15, 0.2) is 0 Å². The number of aliphatic hydroxyl groups is 1. The number of amides is 2. The van der Waals surface area contributed by atoms with Crippen LogP contribution in [0.5, 0.6) is 0 Å². The van der Waals surface area contributed by atoms with E-state index in [2.05, 4.69) is 17.2 Å². The highest BCUT2D eigenvalue weighted by Gasteiger charge is 2.08. The van der Waals surface area contributed by atoms with Crippen LogP contribution in [0, 0.1) is 17.7 Å². The van der Waals surface area contributed by atoms with Gasteiger partial charge in [0.1, 0.15) is 12.4 Å². The largest absolute Gasteiger partial charge is 0.384 e. The minimum atomic E-state index is -0.565. The first kappa shape index (κ1) is 13.0. The number of anilines is 1. The normalized spacial score (nSPS) is 9.18. The number of benzene rings is 1. The molecular formula is C12H13FN2O2. The van der Waals surface area contributed by atoms with Crippen LogP contribution in [0.3, 0.4) is 0 Å². The summed E-state index contributed by atoms with van der Waals surface area (Å²) >= 11 is 0. The van der Waals surface area contributed by atoms with E-state index < -0.39 is 11.8 Å². The summed E-state index contributed by atoms with van der Waals surface area (Å²) in [5, 5.41) is 10.9. The molecule has 0 aliphatic rings. The molecule has 1 aromatic rings. The second-order valence-corrected chi connectivity index (χ2v) is 3.48. The van der Waals surface area contributed by atoms with E-state index in [-0.39, 0.29) is 12.3 Å². The van der Waals surface area contributed by atoms with Crippen LogP contribution in [0.1, 0.15) is 5.56 Å². The molecule has 2 amide bonds. The Bertz CT molecular complexity index is 475. The van der Waals surface area contributed by atoms with Crippen molar-refractivity contribution in [2.24, 2.45) is 0 Å². The SMILES string of the molecule is CN(C)C(=O)Nc1ccc(C#CCO)cc1F. The van der Waals surface area contributed by atoms with Gasteiger partial charge in [0.05, 0.1) is 5.69 Å². The summed E-state index contributed by atoms with van der Waals surface area (Å²) in [5.41, 5.74) is 0.539. The number of carbonyl (C=O) groups is 1. The molecule has 0 aliphatic heterocycles. The number of aliphatic hydroxyl groups excluding tert-OH is 1. The van der Waals surface area contributed by atoms with Gasteiger partial charge in [-0.3, -0.25) is 0 Å². The Morgan fingerprint density at radius 3 is 2.76 bits per heavy atom. The highest BCUT2D eigenvalue weighted by atomic mass is 19.1. The van der Waals surface area contributed by atoms with Gasteiger partial charge < -0.3 is 15.3 Å². The molecule has 0 fully saturated rings. The second kappa shape index (κ2) is 5.87. The number of halogens is 1. The van der Waals surface area contributed by atoms with Crippen molar-refractivity contribution < 1.29 is 14.3 Å². The third-order valence-electron chi connectivity index (χ3n) is 1.93. The van der Waals surface area contributed by atoms with Gasteiger partial charge in [0.25, 0.3) is 0 Å². The lowest BCUT2D eigenvalue weighted by molar-refractivity contribution is 0.230. The number of urea groups is 1. The average Bonchev–Trinajstić information content (AvgIpc) is 2.29. The zero-order valence-electron chi connectivity index (χ0n) is 9.62. The molecule has 0 spiro atoms. The smallest absolute Gasteiger partial charge is 0.321 e. The molecule has 0 radical (unpaired) electrons. The summed E-state index contributed by atoms with van der Waals surface area (Å²) in [6.45, 7) is -0.277. The molecule has 90 valence electrons. The van der Waals surface area contributed by atoms with Gasteiger partial charge >= 0.3 is 6.03 Å². The van der Waals surface area contributed by atoms with Crippen molar-refractivity contribution in [2.45, 2.75) is 0 Å². The number of hydrogen-bond acceptors (Lipinski definition) is 2. The van der Waals surface area contributed by atoms with Crippen LogP contribution in [-0.4, -0.2) is 36.7 Å². The molecule has 0 saturated carbocycles. The van der Waals surface area contributed by atoms with Crippen molar-refractivity contribution in [3.05, 3.63) is 29.6 Å². The van der Waals surface area contributed by atoms with E-state index in [4.69, 9.17) is 5.11 Å². The fourth-order valence-electron chi connectivity index (χ4n) is 1.06. The van der Waals surface area contributed by atoms with E-state index in [1.54, 1.807) is 20.2 Å². The van der Waals surface area contributed by atoms with Gasteiger partial charge in [-0.15, -0.1) is 0 Å². The van der Waals surface area contributed by atoms with Crippen molar-refractivity contribution in [1.82, 2.24) is 4.90 Å². The highest BCUT2D eigenvalue weighted by molar-refractivity contribution is 5.89. The van der Waals surface area contributed by atoms with Crippen molar-refractivity contribution in [1.29, 1.82) is 0 Å². The lowest BCUT2D eigenvalue weighted by atomic mass is 10.2. The van der Waals surface area contributed by atoms with Crippen LogP contribution >= 0.6 is 0 Å². The van der Waals surface area contributed by atoms with E-state index in [9.17, 15) is 9.18 Å². The minimum Gasteiger partial charge on any atom is -0.384 e. The molecule has 0 unspecified atom stereocenters. The molecule has 0 bridgehead atoms. The molecule has 1 aromatic carbocycles. The number of hydrogen-bond donors (Lipinski definition) is 2. The third kappa shape index (κ3) is 3.78. The van der Waals surface area contributed by atoms with Crippen molar-refractivity contribution in [3.63, 3.8) is 0 Å². The van der Waals surface area contributed by atoms with E-state index >= 15 is 0 Å². The maximum absolute atomic E-state index is 13.5.